The Kier molecular flexibility index (Phi) is 2.12. The molecule has 0 aliphatic carbocycles. The molecule has 2 atom stereocenters. The smallest absolute Gasteiger partial charge is 0.163 e. The molecule has 11 heavy (non-hydrogen) atoms. The quantitative estimate of drug-likeness (QED) is 0.551. The number of rotatable bonds is 0. The second-order valence-corrected chi connectivity index (χ2v) is 5.83. The van der Waals surface area contributed by atoms with Gasteiger partial charge in [-0.05, 0) is 13.8 Å². The van der Waals surface area contributed by atoms with E-state index >= 15 is 0 Å². The lowest BCUT2D eigenvalue weighted by Crippen LogP contribution is -2.29. The zero-order chi connectivity index (χ0) is 7.90. The van der Waals surface area contributed by atoms with Gasteiger partial charge in [0.25, 0.3) is 0 Å². The van der Waals surface area contributed by atoms with Gasteiger partial charge in [-0.15, -0.1) is 0 Å². The summed E-state index contributed by atoms with van der Waals surface area (Å²) >= 11 is 0. The first-order chi connectivity index (χ1) is 5.17. The van der Waals surface area contributed by atoms with Crippen molar-refractivity contribution in [2.75, 3.05) is 11.5 Å². The molecule has 0 aromatic carbocycles. The maximum Gasteiger partial charge on any atom is 0.163 e. The summed E-state index contributed by atoms with van der Waals surface area (Å²) in [4.78, 5) is 0. The summed E-state index contributed by atoms with van der Waals surface area (Å²) in [5, 5.41) is 0. The Hall–Kier alpha value is 0.620. The highest BCUT2D eigenvalue weighted by atomic mass is 33.1. The van der Waals surface area contributed by atoms with Crippen LogP contribution in [-0.4, -0.2) is 29.5 Å². The molecule has 0 aromatic heterocycles. The Labute approximate surface area is 74.8 Å². The molecule has 2 aliphatic heterocycles. The number of ether oxygens (including phenoxy) is 2. The highest BCUT2D eigenvalue weighted by molar-refractivity contribution is 8.76. The molecule has 2 saturated heterocycles. The van der Waals surface area contributed by atoms with Gasteiger partial charge in [-0.2, -0.15) is 0 Å². The molecular weight excluding hydrogens is 184 g/mol. The van der Waals surface area contributed by atoms with Gasteiger partial charge in [0.1, 0.15) is 0 Å². The molecule has 0 spiro atoms. The van der Waals surface area contributed by atoms with Crippen LogP contribution in [0.25, 0.3) is 0 Å². The van der Waals surface area contributed by atoms with Gasteiger partial charge in [-0.3, -0.25) is 0 Å². The third-order valence-electron chi connectivity index (χ3n) is 1.83. The molecule has 0 saturated carbocycles. The van der Waals surface area contributed by atoms with Gasteiger partial charge in [0.05, 0.1) is 12.2 Å². The molecule has 0 unspecified atom stereocenters. The molecule has 2 aliphatic rings. The summed E-state index contributed by atoms with van der Waals surface area (Å²) < 4.78 is 11.4. The van der Waals surface area contributed by atoms with Gasteiger partial charge in [-0.1, -0.05) is 21.6 Å². The molecule has 2 nitrogen and oxygen atoms in total. The minimum Gasteiger partial charge on any atom is -0.344 e. The van der Waals surface area contributed by atoms with E-state index in [4.69, 9.17) is 9.47 Å². The summed E-state index contributed by atoms with van der Waals surface area (Å²) in [5.74, 6) is 1.79. The van der Waals surface area contributed by atoms with E-state index < -0.39 is 0 Å². The summed E-state index contributed by atoms with van der Waals surface area (Å²) in [6.45, 7) is 3.97. The molecule has 2 fully saturated rings. The molecule has 0 amide bonds. The van der Waals surface area contributed by atoms with Crippen molar-refractivity contribution < 1.29 is 9.47 Å². The first-order valence-corrected chi connectivity index (χ1v) is 6.26. The zero-order valence-electron chi connectivity index (χ0n) is 6.70. The van der Waals surface area contributed by atoms with Gasteiger partial charge >= 0.3 is 0 Å². The molecule has 4 heteroatoms. The van der Waals surface area contributed by atoms with Crippen molar-refractivity contribution in [2.24, 2.45) is 0 Å². The van der Waals surface area contributed by atoms with Crippen molar-refractivity contribution >= 4 is 21.6 Å². The van der Waals surface area contributed by atoms with E-state index in [1.807, 2.05) is 35.4 Å². The van der Waals surface area contributed by atoms with Crippen molar-refractivity contribution in [1.82, 2.24) is 0 Å². The molecular formula is C7H12O2S2. The topological polar surface area (TPSA) is 18.5 Å². The minimum absolute atomic E-state index is 0.330. The first-order valence-electron chi connectivity index (χ1n) is 3.77. The standard InChI is InChI=1S/C7H12O2S2/c1-7(2)8-5-3-10-11-4-6(5)9-7/h5-6H,3-4H2,1-2H3/t5-,6+/i3+2,4+2. The van der Waals surface area contributed by atoms with Gasteiger partial charge < -0.3 is 9.47 Å². The lowest BCUT2D eigenvalue weighted by Gasteiger charge is -2.20. The predicted octanol–water partition coefficient (Wildman–Crippen LogP) is 1.90. The van der Waals surface area contributed by atoms with Gasteiger partial charge in [-0.25, -0.2) is 0 Å². The molecule has 0 radical (unpaired) electrons. The Bertz CT molecular complexity index is 145. The van der Waals surface area contributed by atoms with Crippen molar-refractivity contribution in [3.63, 3.8) is 0 Å². The second kappa shape index (κ2) is 2.83. The van der Waals surface area contributed by atoms with E-state index in [-0.39, 0.29) is 5.79 Å². The maximum absolute atomic E-state index is 5.70. The minimum atomic E-state index is -0.346. The normalized spacial score (nSPS) is 42.0. The van der Waals surface area contributed by atoms with E-state index in [1.165, 1.54) is 0 Å². The molecule has 2 heterocycles. The molecule has 0 N–H and O–H groups in total. The van der Waals surface area contributed by atoms with E-state index in [1.54, 1.807) is 0 Å². The van der Waals surface area contributed by atoms with Crippen LogP contribution in [-0.2, 0) is 9.47 Å². The van der Waals surface area contributed by atoms with Crippen LogP contribution in [0.5, 0.6) is 0 Å². The fourth-order valence-corrected chi connectivity index (χ4v) is 3.83. The monoisotopic (exact) mass is 196 g/mol. The Morgan fingerprint density at radius 3 is 2.00 bits per heavy atom. The van der Waals surface area contributed by atoms with Crippen LogP contribution in [0.2, 0.25) is 0 Å². The molecule has 0 bridgehead atoms. The largest absolute Gasteiger partial charge is 0.344 e. The Morgan fingerprint density at radius 1 is 1.09 bits per heavy atom. The van der Waals surface area contributed by atoms with E-state index in [9.17, 15) is 0 Å². The van der Waals surface area contributed by atoms with Gasteiger partial charge in [0, 0.05) is 11.5 Å². The molecule has 2 rings (SSSR count). The maximum atomic E-state index is 5.70. The number of hydrogen-bond acceptors (Lipinski definition) is 4. The van der Waals surface area contributed by atoms with Crippen molar-refractivity contribution in [3.8, 4) is 0 Å². The summed E-state index contributed by atoms with van der Waals surface area (Å²) in [6.07, 6.45) is 0.660. The Balaban J connectivity index is 2.03. The van der Waals surface area contributed by atoms with Crippen LogP contribution in [0.3, 0.4) is 0 Å². The van der Waals surface area contributed by atoms with Crippen LogP contribution in [0.15, 0.2) is 0 Å². The number of fused-ring (bicyclic) bond motifs is 1. The third kappa shape index (κ3) is 1.69. The lowest BCUT2D eigenvalue weighted by atomic mass is 10.4. The third-order valence-corrected chi connectivity index (χ3v) is 4.25. The van der Waals surface area contributed by atoms with Crippen LogP contribution < -0.4 is 0 Å². The average molecular weight is 196 g/mol. The first kappa shape index (κ1) is 8.23. The predicted molar refractivity (Wildman–Crippen MR) is 48.7 cm³/mol. The molecule has 0 aromatic rings. The van der Waals surface area contributed by atoms with E-state index in [0.29, 0.717) is 12.2 Å². The van der Waals surface area contributed by atoms with Crippen molar-refractivity contribution in [2.45, 2.75) is 31.8 Å². The van der Waals surface area contributed by atoms with Gasteiger partial charge in [0.15, 0.2) is 5.79 Å². The highest BCUT2D eigenvalue weighted by Crippen LogP contribution is 2.39. The fraction of sp³-hybridized carbons (Fsp3) is 1.00. The summed E-state index contributed by atoms with van der Waals surface area (Å²) in [6, 6.07) is 0. The van der Waals surface area contributed by atoms with Crippen molar-refractivity contribution in [3.05, 3.63) is 0 Å². The number of hydrogen-bond donors (Lipinski definition) is 0. The summed E-state index contributed by atoms with van der Waals surface area (Å²) in [5.41, 5.74) is 0. The van der Waals surface area contributed by atoms with Crippen molar-refractivity contribution in [1.29, 1.82) is 0 Å². The van der Waals surface area contributed by atoms with E-state index in [0.717, 1.165) is 11.5 Å². The van der Waals surface area contributed by atoms with E-state index in [2.05, 4.69) is 0 Å². The Morgan fingerprint density at radius 2 is 1.55 bits per heavy atom. The highest BCUT2D eigenvalue weighted by Gasteiger charge is 2.42. The van der Waals surface area contributed by atoms with Gasteiger partial charge in [0.2, 0.25) is 0 Å². The lowest BCUT2D eigenvalue weighted by molar-refractivity contribution is -0.142. The van der Waals surface area contributed by atoms with Crippen LogP contribution in [0.4, 0.5) is 0 Å². The SMILES string of the molecule is CC1(C)O[C@H]2[14CH2]SS[14CH2][C@H]2O1. The second-order valence-electron chi connectivity index (χ2n) is 3.28. The van der Waals surface area contributed by atoms with Crippen LogP contribution in [0.1, 0.15) is 13.8 Å². The molecule has 64 valence electrons. The zero-order valence-corrected chi connectivity index (χ0v) is 8.33. The average Bonchev–Trinajstić information content (AvgIpc) is 2.21. The van der Waals surface area contributed by atoms with Crippen LogP contribution >= 0.6 is 21.6 Å². The fourth-order valence-electron chi connectivity index (χ4n) is 1.42. The summed E-state index contributed by atoms with van der Waals surface area (Å²) in [7, 11) is 3.77. The van der Waals surface area contributed by atoms with Crippen LogP contribution in [0, 0.1) is 0 Å².